The fraction of sp³-hybridized carbons (Fsp3) is 0.462. The van der Waals surface area contributed by atoms with Crippen LogP contribution in [0.25, 0.3) is 11.0 Å². The lowest BCUT2D eigenvalue weighted by Gasteiger charge is -2.19. The van der Waals surface area contributed by atoms with Crippen LogP contribution in [0.3, 0.4) is 0 Å². The maximum absolute atomic E-state index is 6.20. The van der Waals surface area contributed by atoms with Gasteiger partial charge in [0, 0.05) is 0 Å². The molecule has 3 heteroatoms. The van der Waals surface area contributed by atoms with Crippen LogP contribution >= 0.6 is 0 Å². The van der Waals surface area contributed by atoms with Crippen LogP contribution in [-0.4, -0.2) is 9.97 Å². The first-order valence-corrected chi connectivity index (χ1v) is 5.70. The van der Waals surface area contributed by atoms with Crippen LogP contribution in [-0.2, 0) is 5.54 Å². The van der Waals surface area contributed by atoms with Crippen LogP contribution in [0.15, 0.2) is 12.1 Å². The van der Waals surface area contributed by atoms with E-state index in [0.717, 1.165) is 23.3 Å². The lowest BCUT2D eigenvalue weighted by atomic mass is 10.0. The summed E-state index contributed by atoms with van der Waals surface area (Å²) in [6, 6.07) is 4.26. The van der Waals surface area contributed by atoms with Crippen molar-refractivity contribution in [3.8, 4) is 0 Å². The molecule has 2 aromatic rings. The zero-order valence-corrected chi connectivity index (χ0v) is 10.4. The second-order valence-corrected chi connectivity index (χ2v) is 4.83. The molecule has 3 N–H and O–H groups in total. The summed E-state index contributed by atoms with van der Waals surface area (Å²) in [5, 5.41) is 0. The van der Waals surface area contributed by atoms with Crippen molar-refractivity contribution in [1.29, 1.82) is 0 Å². The van der Waals surface area contributed by atoms with E-state index >= 15 is 0 Å². The summed E-state index contributed by atoms with van der Waals surface area (Å²) in [4.78, 5) is 7.95. The number of rotatable bonds is 2. The van der Waals surface area contributed by atoms with Gasteiger partial charge < -0.3 is 10.7 Å². The number of benzene rings is 1. The molecule has 2 rings (SSSR count). The van der Waals surface area contributed by atoms with Gasteiger partial charge in [0.1, 0.15) is 5.82 Å². The van der Waals surface area contributed by atoms with Crippen LogP contribution < -0.4 is 5.73 Å². The van der Waals surface area contributed by atoms with E-state index in [2.05, 4.69) is 42.9 Å². The molecule has 1 heterocycles. The lowest BCUT2D eigenvalue weighted by molar-refractivity contribution is 0.451. The Hall–Kier alpha value is -1.35. The van der Waals surface area contributed by atoms with Crippen LogP contribution in [0.4, 0.5) is 0 Å². The molecule has 0 aliphatic rings. The van der Waals surface area contributed by atoms with E-state index in [-0.39, 0.29) is 5.54 Å². The predicted octanol–water partition coefficient (Wildman–Crippen LogP) is 2.76. The maximum Gasteiger partial charge on any atom is 0.127 e. The molecule has 1 aromatic carbocycles. The van der Waals surface area contributed by atoms with Gasteiger partial charge in [-0.25, -0.2) is 4.98 Å². The number of aromatic nitrogens is 2. The van der Waals surface area contributed by atoms with Gasteiger partial charge in [-0.1, -0.05) is 13.0 Å². The molecule has 0 spiro atoms. The molecule has 86 valence electrons. The van der Waals surface area contributed by atoms with Crippen molar-refractivity contribution in [2.45, 2.75) is 39.7 Å². The van der Waals surface area contributed by atoms with Crippen LogP contribution in [0.5, 0.6) is 0 Å². The third kappa shape index (κ3) is 1.71. The molecule has 1 aromatic heterocycles. The molecule has 0 fully saturated rings. The van der Waals surface area contributed by atoms with Gasteiger partial charge in [0.15, 0.2) is 0 Å². The van der Waals surface area contributed by atoms with Crippen molar-refractivity contribution in [1.82, 2.24) is 9.97 Å². The Morgan fingerprint density at radius 2 is 2.06 bits per heavy atom. The highest BCUT2D eigenvalue weighted by molar-refractivity contribution is 5.79. The quantitative estimate of drug-likeness (QED) is 0.812. The minimum Gasteiger partial charge on any atom is -0.340 e. The van der Waals surface area contributed by atoms with E-state index in [1.165, 1.54) is 11.1 Å². The van der Waals surface area contributed by atoms with Gasteiger partial charge in [-0.2, -0.15) is 0 Å². The van der Waals surface area contributed by atoms with Crippen molar-refractivity contribution < 1.29 is 0 Å². The summed E-state index contributed by atoms with van der Waals surface area (Å²) in [6.07, 6.45) is 0.866. The highest BCUT2D eigenvalue weighted by atomic mass is 15.0. The third-order valence-corrected chi connectivity index (χ3v) is 3.20. The summed E-state index contributed by atoms with van der Waals surface area (Å²) in [7, 11) is 0. The van der Waals surface area contributed by atoms with E-state index in [1.807, 2.05) is 6.92 Å². The molecule has 0 aliphatic heterocycles. The topological polar surface area (TPSA) is 54.7 Å². The Labute approximate surface area is 96.1 Å². The molecule has 1 unspecified atom stereocenters. The molecule has 0 amide bonds. The smallest absolute Gasteiger partial charge is 0.127 e. The molecule has 0 radical (unpaired) electrons. The fourth-order valence-electron chi connectivity index (χ4n) is 1.91. The van der Waals surface area contributed by atoms with Gasteiger partial charge in [-0.3, -0.25) is 0 Å². The van der Waals surface area contributed by atoms with Crippen LogP contribution in [0.2, 0.25) is 0 Å². The minimum absolute atomic E-state index is 0.376. The Kier molecular flexibility index (Phi) is 2.50. The molecular weight excluding hydrogens is 198 g/mol. The average Bonchev–Trinajstić information content (AvgIpc) is 2.62. The Bertz CT molecular complexity index is 523. The number of hydrogen-bond donors (Lipinski definition) is 2. The van der Waals surface area contributed by atoms with Crippen molar-refractivity contribution in [3.05, 3.63) is 29.1 Å². The molecule has 3 nitrogen and oxygen atoms in total. The minimum atomic E-state index is -0.376. The van der Waals surface area contributed by atoms with E-state index in [0.29, 0.717) is 0 Å². The number of fused-ring (bicyclic) bond motifs is 1. The normalized spacial score (nSPS) is 15.3. The summed E-state index contributed by atoms with van der Waals surface area (Å²) in [5.41, 5.74) is 10.4. The van der Waals surface area contributed by atoms with Gasteiger partial charge >= 0.3 is 0 Å². The number of nitrogens with one attached hydrogen (secondary N) is 1. The summed E-state index contributed by atoms with van der Waals surface area (Å²) in [5.74, 6) is 0.874. The predicted molar refractivity (Wildman–Crippen MR) is 67.4 cm³/mol. The van der Waals surface area contributed by atoms with E-state index in [4.69, 9.17) is 5.73 Å². The first-order chi connectivity index (χ1) is 7.44. The zero-order chi connectivity index (χ0) is 11.9. The van der Waals surface area contributed by atoms with Crippen LogP contribution in [0.1, 0.15) is 37.2 Å². The second-order valence-electron chi connectivity index (χ2n) is 4.83. The van der Waals surface area contributed by atoms with Gasteiger partial charge in [-0.05, 0) is 44.4 Å². The number of aromatic amines is 1. The van der Waals surface area contributed by atoms with E-state index in [1.54, 1.807) is 0 Å². The Morgan fingerprint density at radius 3 is 2.69 bits per heavy atom. The second kappa shape index (κ2) is 3.59. The number of aryl methyl sites for hydroxylation is 2. The first kappa shape index (κ1) is 11.1. The fourth-order valence-corrected chi connectivity index (χ4v) is 1.91. The first-order valence-electron chi connectivity index (χ1n) is 5.70. The van der Waals surface area contributed by atoms with Crippen LogP contribution in [0, 0.1) is 13.8 Å². The molecule has 0 aliphatic carbocycles. The number of nitrogens with two attached hydrogens (primary N) is 1. The molecule has 0 saturated carbocycles. The summed E-state index contributed by atoms with van der Waals surface area (Å²) in [6.45, 7) is 8.26. The van der Waals surface area contributed by atoms with Gasteiger partial charge in [-0.15, -0.1) is 0 Å². The Morgan fingerprint density at radius 1 is 1.38 bits per heavy atom. The molecule has 16 heavy (non-hydrogen) atoms. The lowest BCUT2D eigenvalue weighted by Crippen LogP contribution is -2.33. The van der Waals surface area contributed by atoms with Crippen molar-refractivity contribution >= 4 is 11.0 Å². The SMILES string of the molecule is CCC(C)(N)c1nc2c(C)cc(C)cc2[nH]1. The number of hydrogen-bond acceptors (Lipinski definition) is 2. The van der Waals surface area contributed by atoms with E-state index < -0.39 is 0 Å². The summed E-state index contributed by atoms with van der Waals surface area (Å²) < 4.78 is 0. The highest BCUT2D eigenvalue weighted by Gasteiger charge is 2.23. The zero-order valence-electron chi connectivity index (χ0n) is 10.4. The van der Waals surface area contributed by atoms with Crippen molar-refractivity contribution in [3.63, 3.8) is 0 Å². The third-order valence-electron chi connectivity index (χ3n) is 3.20. The molecular formula is C13H19N3. The molecule has 0 bridgehead atoms. The van der Waals surface area contributed by atoms with Gasteiger partial charge in [0.25, 0.3) is 0 Å². The van der Waals surface area contributed by atoms with E-state index in [9.17, 15) is 0 Å². The van der Waals surface area contributed by atoms with Gasteiger partial charge in [0.05, 0.1) is 16.6 Å². The number of H-pyrrole nitrogens is 1. The Balaban J connectivity index is 2.65. The number of imidazole rings is 1. The van der Waals surface area contributed by atoms with Crippen molar-refractivity contribution in [2.24, 2.45) is 5.73 Å². The molecule has 0 saturated heterocycles. The largest absolute Gasteiger partial charge is 0.340 e. The maximum atomic E-state index is 6.20. The monoisotopic (exact) mass is 217 g/mol. The standard InChI is InChI=1S/C13H19N3/c1-5-13(4,14)12-15-10-7-8(2)6-9(3)11(10)16-12/h6-7H,5,14H2,1-4H3,(H,15,16). The van der Waals surface area contributed by atoms with Gasteiger partial charge in [0.2, 0.25) is 0 Å². The highest BCUT2D eigenvalue weighted by Crippen LogP contribution is 2.24. The number of nitrogens with zero attached hydrogens (tertiary/aromatic N) is 1. The average molecular weight is 217 g/mol. The summed E-state index contributed by atoms with van der Waals surface area (Å²) >= 11 is 0. The molecule has 1 atom stereocenters. The van der Waals surface area contributed by atoms with Crippen molar-refractivity contribution in [2.75, 3.05) is 0 Å².